The number of carbonyl (C=O) groups excluding carboxylic acids is 1. The van der Waals surface area contributed by atoms with Gasteiger partial charge in [0.05, 0.1) is 37.0 Å². The van der Waals surface area contributed by atoms with Crippen LogP contribution in [0.2, 0.25) is 0 Å². The number of hydrogen-bond acceptors (Lipinski definition) is 6. The maximum Gasteiger partial charge on any atom is 0.254 e. The number of aromatic nitrogens is 2. The molecular weight excluding hydrogens is 476 g/mol. The fourth-order valence-electron chi connectivity index (χ4n) is 5.43. The van der Waals surface area contributed by atoms with Gasteiger partial charge in [0.25, 0.3) is 5.91 Å². The minimum atomic E-state index is -0.0381. The third-order valence-corrected chi connectivity index (χ3v) is 7.32. The zero-order valence-corrected chi connectivity index (χ0v) is 21.2. The van der Waals surface area contributed by atoms with Gasteiger partial charge in [-0.05, 0) is 59.9 Å². The van der Waals surface area contributed by atoms with Gasteiger partial charge >= 0.3 is 0 Å². The molecule has 4 aromatic rings. The van der Waals surface area contributed by atoms with E-state index < -0.39 is 0 Å². The van der Waals surface area contributed by atoms with E-state index in [0.717, 1.165) is 46.1 Å². The lowest BCUT2D eigenvalue weighted by atomic mass is 10.0. The molecular formula is C31H28N4O3. The quantitative estimate of drug-likeness (QED) is 0.401. The average molecular weight is 505 g/mol. The van der Waals surface area contributed by atoms with E-state index in [2.05, 4.69) is 40.0 Å². The van der Waals surface area contributed by atoms with E-state index in [4.69, 9.17) is 15.2 Å². The second-order valence-corrected chi connectivity index (χ2v) is 9.64. The second-order valence-electron chi connectivity index (χ2n) is 9.64. The number of ether oxygens (including phenoxy) is 2. The summed E-state index contributed by atoms with van der Waals surface area (Å²) in [6, 6.07) is 17.9. The molecule has 38 heavy (non-hydrogen) atoms. The topological polar surface area (TPSA) is 90.6 Å². The third kappa shape index (κ3) is 4.49. The van der Waals surface area contributed by atoms with Crippen LogP contribution in [0.4, 0.5) is 5.82 Å². The molecule has 1 aliphatic heterocycles. The number of pyridine rings is 2. The Bertz CT molecular complexity index is 1590. The number of fused-ring (bicyclic) bond motifs is 4. The van der Waals surface area contributed by atoms with Crippen molar-refractivity contribution in [3.63, 3.8) is 0 Å². The van der Waals surface area contributed by atoms with E-state index in [-0.39, 0.29) is 11.9 Å². The largest absolute Gasteiger partial charge is 0.383 e. The first-order valence-electron chi connectivity index (χ1n) is 12.7. The molecule has 2 N–H and O–H groups in total. The molecule has 7 heteroatoms. The second kappa shape index (κ2) is 10.3. The van der Waals surface area contributed by atoms with Gasteiger partial charge < -0.3 is 20.1 Å². The van der Waals surface area contributed by atoms with Gasteiger partial charge in [0.15, 0.2) is 0 Å². The monoisotopic (exact) mass is 504 g/mol. The van der Waals surface area contributed by atoms with Crippen LogP contribution in [0.5, 0.6) is 0 Å². The first kappa shape index (κ1) is 24.1. The van der Waals surface area contributed by atoms with Crippen molar-refractivity contribution in [2.45, 2.75) is 38.6 Å². The highest BCUT2D eigenvalue weighted by Crippen LogP contribution is 2.38. The SMILES string of the molecule is COCC#Cc1ccc(CN(C(=O)c2ccc3nc(N)c4c(c3c2)COC4)C2CCc3ccccc32)nc1. The molecule has 1 amide bonds. The van der Waals surface area contributed by atoms with Gasteiger partial charge in [-0.1, -0.05) is 36.1 Å². The van der Waals surface area contributed by atoms with Crippen LogP contribution in [0.25, 0.3) is 10.9 Å². The fourth-order valence-corrected chi connectivity index (χ4v) is 5.43. The van der Waals surface area contributed by atoms with Gasteiger partial charge in [0, 0.05) is 35.4 Å². The summed E-state index contributed by atoms with van der Waals surface area (Å²) < 4.78 is 10.6. The van der Waals surface area contributed by atoms with Gasteiger partial charge in [0.2, 0.25) is 0 Å². The van der Waals surface area contributed by atoms with Crippen molar-refractivity contribution in [2.75, 3.05) is 19.5 Å². The Morgan fingerprint density at radius 1 is 1.16 bits per heavy atom. The van der Waals surface area contributed by atoms with Gasteiger partial charge in [-0.15, -0.1) is 0 Å². The Morgan fingerprint density at radius 3 is 2.87 bits per heavy atom. The Labute approximate surface area is 221 Å². The van der Waals surface area contributed by atoms with E-state index in [0.29, 0.717) is 37.7 Å². The van der Waals surface area contributed by atoms with Crippen molar-refractivity contribution in [3.8, 4) is 11.8 Å². The van der Waals surface area contributed by atoms with E-state index in [1.165, 1.54) is 11.1 Å². The van der Waals surface area contributed by atoms with Crippen LogP contribution in [0.15, 0.2) is 60.8 Å². The fraction of sp³-hybridized carbons (Fsp3) is 0.258. The molecule has 2 aromatic carbocycles. The molecule has 0 radical (unpaired) electrons. The molecule has 2 aliphatic rings. The summed E-state index contributed by atoms with van der Waals surface area (Å²) in [7, 11) is 1.62. The number of nitrogen functional groups attached to an aromatic ring is 1. The molecule has 1 atom stereocenters. The van der Waals surface area contributed by atoms with Gasteiger partial charge in [-0.25, -0.2) is 4.98 Å². The molecule has 6 rings (SSSR count). The summed E-state index contributed by atoms with van der Waals surface area (Å²) in [5.41, 5.74) is 13.6. The number of anilines is 1. The molecule has 0 saturated carbocycles. The van der Waals surface area contributed by atoms with Crippen molar-refractivity contribution in [2.24, 2.45) is 0 Å². The summed E-state index contributed by atoms with van der Waals surface area (Å²) in [5.74, 6) is 6.44. The van der Waals surface area contributed by atoms with Gasteiger partial charge in [-0.3, -0.25) is 9.78 Å². The summed E-state index contributed by atoms with van der Waals surface area (Å²) in [5, 5.41) is 0.918. The number of methoxy groups -OCH3 is 1. The molecule has 190 valence electrons. The zero-order chi connectivity index (χ0) is 26.1. The molecule has 7 nitrogen and oxygen atoms in total. The molecule has 3 heterocycles. The van der Waals surface area contributed by atoms with Crippen LogP contribution in [-0.2, 0) is 35.7 Å². The predicted octanol–water partition coefficient (Wildman–Crippen LogP) is 4.57. The Hall–Kier alpha value is -4.25. The van der Waals surface area contributed by atoms with Crippen molar-refractivity contribution >= 4 is 22.6 Å². The van der Waals surface area contributed by atoms with E-state index in [9.17, 15) is 4.79 Å². The van der Waals surface area contributed by atoms with Crippen molar-refractivity contribution < 1.29 is 14.3 Å². The zero-order valence-electron chi connectivity index (χ0n) is 21.2. The predicted molar refractivity (Wildman–Crippen MR) is 145 cm³/mol. The normalized spacial score (nSPS) is 15.6. The van der Waals surface area contributed by atoms with E-state index in [1.54, 1.807) is 13.3 Å². The number of aryl methyl sites for hydroxylation is 1. The van der Waals surface area contributed by atoms with Crippen LogP contribution >= 0.6 is 0 Å². The Balaban J connectivity index is 1.36. The smallest absolute Gasteiger partial charge is 0.254 e. The number of rotatable bonds is 5. The van der Waals surface area contributed by atoms with Crippen LogP contribution < -0.4 is 5.73 Å². The molecule has 0 saturated heterocycles. The minimum absolute atomic E-state index is 0.0315. The number of nitrogens with two attached hydrogens (primary N) is 1. The molecule has 1 aliphatic carbocycles. The van der Waals surface area contributed by atoms with E-state index >= 15 is 0 Å². The number of hydrogen-bond donors (Lipinski definition) is 1. The van der Waals surface area contributed by atoms with Crippen molar-refractivity contribution in [1.82, 2.24) is 14.9 Å². The first-order valence-corrected chi connectivity index (χ1v) is 12.7. The lowest BCUT2D eigenvalue weighted by molar-refractivity contribution is 0.0655. The van der Waals surface area contributed by atoms with Crippen LogP contribution in [0.1, 0.15) is 56.3 Å². The lowest BCUT2D eigenvalue weighted by Gasteiger charge is -2.30. The van der Waals surface area contributed by atoms with Crippen molar-refractivity contribution in [3.05, 3.63) is 99.9 Å². The van der Waals surface area contributed by atoms with E-state index in [1.807, 2.05) is 41.3 Å². The highest BCUT2D eigenvalue weighted by molar-refractivity contribution is 5.99. The van der Waals surface area contributed by atoms with Gasteiger partial charge in [0.1, 0.15) is 12.4 Å². The number of carbonyl (C=O) groups is 1. The Kier molecular flexibility index (Phi) is 6.50. The molecule has 2 aromatic heterocycles. The number of amides is 1. The maximum atomic E-state index is 14.2. The van der Waals surface area contributed by atoms with Crippen LogP contribution in [-0.4, -0.2) is 34.5 Å². The average Bonchev–Trinajstić information content (AvgIpc) is 3.61. The lowest BCUT2D eigenvalue weighted by Crippen LogP contribution is -2.34. The Morgan fingerprint density at radius 2 is 2.03 bits per heavy atom. The summed E-state index contributed by atoms with van der Waals surface area (Å²) >= 11 is 0. The first-order chi connectivity index (χ1) is 18.6. The molecule has 0 bridgehead atoms. The minimum Gasteiger partial charge on any atom is -0.383 e. The maximum absolute atomic E-state index is 14.2. The third-order valence-electron chi connectivity index (χ3n) is 7.32. The standard InChI is InChI=1S/C31H28N4O3/c1-37-14-4-5-20-8-11-23(33-16-20)17-35(29-13-10-21-6-2-3-7-24(21)29)31(36)22-9-12-28-25(15-22)26-18-38-19-27(26)30(32)34-28/h2-3,6-9,11-12,15-16,29H,10,13-14,17-19H2,1H3,(H2,32,34). The number of benzene rings is 2. The summed E-state index contributed by atoms with van der Waals surface area (Å²) in [6.07, 6.45) is 3.57. The number of nitrogens with zero attached hydrogens (tertiary/aromatic N) is 3. The van der Waals surface area contributed by atoms with Crippen LogP contribution in [0.3, 0.4) is 0 Å². The summed E-state index contributed by atoms with van der Waals surface area (Å²) in [4.78, 5) is 25.3. The highest BCUT2D eigenvalue weighted by Gasteiger charge is 2.32. The summed E-state index contributed by atoms with van der Waals surface area (Å²) in [6.45, 7) is 1.68. The molecule has 0 fully saturated rings. The highest BCUT2D eigenvalue weighted by atomic mass is 16.5. The van der Waals surface area contributed by atoms with Crippen LogP contribution in [0, 0.1) is 11.8 Å². The van der Waals surface area contributed by atoms with Crippen molar-refractivity contribution in [1.29, 1.82) is 0 Å². The van der Waals surface area contributed by atoms with Gasteiger partial charge in [-0.2, -0.15) is 0 Å². The molecule has 1 unspecified atom stereocenters. The molecule has 0 spiro atoms.